The van der Waals surface area contributed by atoms with Crippen LogP contribution in [0.5, 0.6) is 17.2 Å². The molecule has 0 bridgehead atoms. The van der Waals surface area contributed by atoms with E-state index in [0.717, 1.165) is 16.7 Å². The third kappa shape index (κ3) is 5.14. The molecule has 4 atom stereocenters. The van der Waals surface area contributed by atoms with Crippen molar-refractivity contribution in [1.82, 2.24) is 10.2 Å². The smallest absolute Gasteiger partial charge is 0.490 e. The summed E-state index contributed by atoms with van der Waals surface area (Å²) in [4.78, 5) is 49.2. The minimum Gasteiger partial charge on any atom is -0.496 e. The second-order valence-corrected chi connectivity index (χ2v) is 9.57. The molecule has 41 heavy (non-hydrogen) atoms. The van der Waals surface area contributed by atoms with Crippen LogP contribution in [0, 0.1) is 11.8 Å². The lowest BCUT2D eigenvalue weighted by Crippen LogP contribution is -2.53. The molecule has 2 amide bonds. The monoisotopic (exact) mass is 580 g/mol. The Kier molecular flexibility index (Phi) is 7.89. The number of aliphatic carboxylic acids is 1. The predicted octanol–water partition coefficient (Wildman–Crippen LogP) is 2.92. The number of halogens is 3. The Bertz CT molecular complexity index is 1400. The molecule has 14 heteroatoms. The number of imide groups is 1. The molecular formula is C27H27F3N2O9. The second-order valence-electron chi connectivity index (χ2n) is 9.57. The Morgan fingerprint density at radius 1 is 1.10 bits per heavy atom. The van der Waals surface area contributed by atoms with Gasteiger partial charge in [0, 0.05) is 18.2 Å². The normalized spacial score (nSPS) is 24.5. The van der Waals surface area contributed by atoms with E-state index < -0.39 is 41.5 Å². The third-order valence-electron chi connectivity index (χ3n) is 7.32. The maximum Gasteiger partial charge on any atom is 0.490 e. The summed E-state index contributed by atoms with van der Waals surface area (Å²) in [5, 5.41) is 10.4. The molecule has 2 N–H and O–H groups in total. The minimum absolute atomic E-state index is 0.186. The molecule has 5 rings (SSSR count). The van der Waals surface area contributed by atoms with Crippen molar-refractivity contribution in [3.05, 3.63) is 42.0 Å². The van der Waals surface area contributed by atoms with Gasteiger partial charge in [0.2, 0.25) is 18.6 Å². The number of alkyl halides is 3. The molecule has 220 valence electrons. The van der Waals surface area contributed by atoms with Crippen LogP contribution in [-0.4, -0.2) is 73.0 Å². The summed E-state index contributed by atoms with van der Waals surface area (Å²) < 4.78 is 53.3. The van der Waals surface area contributed by atoms with Gasteiger partial charge in [-0.2, -0.15) is 13.2 Å². The van der Waals surface area contributed by atoms with E-state index in [1.54, 1.807) is 21.0 Å². The molecule has 2 fully saturated rings. The Balaban J connectivity index is 0.000000493. The van der Waals surface area contributed by atoms with E-state index in [-0.39, 0.29) is 25.2 Å². The number of nitrogens with one attached hydrogen (secondary N) is 1. The molecule has 0 spiro atoms. The van der Waals surface area contributed by atoms with Crippen molar-refractivity contribution in [1.29, 1.82) is 0 Å². The average molecular weight is 581 g/mol. The summed E-state index contributed by atoms with van der Waals surface area (Å²) in [5.74, 6) is -3.62. The largest absolute Gasteiger partial charge is 0.496 e. The Morgan fingerprint density at radius 2 is 1.76 bits per heavy atom. The van der Waals surface area contributed by atoms with Crippen LogP contribution in [0.4, 0.5) is 13.2 Å². The van der Waals surface area contributed by atoms with Gasteiger partial charge >= 0.3 is 18.1 Å². The van der Waals surface area contributed by atoms with Crippen LogP contribution in [0.3, 0.4) is 0 Å². The van der Waals surface area contributed by atoms with Gasteiger partial charge in [0.05, 0.1) is 26.1 Å². The van der Waals surface area contributed by atoms with Crippen LogP contribution >= 0.6 is 0 Å². The topological polar surface area (TPSA) is 141 Å². The number of rotatable bonds is 5. The van der Waals surface area contributed by atoms with Gasteiger partial charge in [-0.1, -0.05) is 18.2 Å². The number of hydrogen-bond donors (Lipinski definition) is 2. The standard InChI is InChI=1S/C25H26N2O7.C2HF3O2/c1-5-27-22(28)19-20(23(27)29)25(2,24(30)32-4)26-21(19)14-6-8-15(17(11-14)31-3)13-7-9-16-18(10-13)34-12-33-16;3-2(4,5)1(6)7/h6-11,19-21,26H,5,12H2,1-4H3;(H,6,7)/t19-,20-,21-,25-;/m1./s1. The van der Waals surface area contributed by atoms with Crippen molar-refractivity contribution >= 4 is 23.8 Å². The number of likely N-dealkylation sites (tertiary alicyclic amines) is 1. The summed E-state index contributed by atoms with van der Waals surface area (Å²) in [6.45, 7) is 3.81. The SMILES string of the molecule is CCN1C(=O)[C@H]2[C@@H](c3ccc(-c4ccc5c(c4)OCO5)c(OC)c3)N[C@@](C)(C(=O)OC)[C@H]2C1=O.O=C(O)C(F)(F)F. The van der Waals surface area contributed by atoms with Crippen LogP contribution in [-0.2, 0) is 23.9 Å². The highest BCUT2D eigenvalue weighted by atomic mass is 19.4. The number of hydrogen-bond acceptors (Lipinski definition) is 9. The fraction of sp³-hybridized carbons (Fsp3) is 0.407. The molecule has 0 radical (unpaired) electrons. The van der Waals surface area contributed by atoms with Crippen molar-refractivity contribution < 1.29 is 56.4 Å². The molecule has 0 aromatic heterocycles. The van der Waals surface area contributed by atoms with Crippen LogP contribution in [0.15, 0.2) is 36.4 Å². The molecule has 3 aliphatic heterocycles. The molecule has 2 aromatic rings. The van der Waals surface area contributed by atoms with Crippen molar-refractivity contribution in [3.8, 4) is 28.4 Å². The molecule has 3 aliphatic rings. The first-order valence-electron chi connectivity index (χ1n) is 12.4. The quantitative estimate of drug-likeness (QED) is 0.401. The summed E-state index contributed by atoms with van der Waals surface area (Å²) in [6.07, 6.45) is -5.08. The van der Waals surface area contributed by atoms with E-state index in [1.807, 2.05) is 36.4 Å². The highest BCUT2D eigenvalue weighted by Crippen LogP contribution is 2.50. The zero-order chi connectivity index (χ0) is 30.3. The number of esters is 1. The summed E-state index contributed by atoms with van der Waals surface area (Å²) in [5.41, 5.74) is 1.12. The Morgan fingerprint density at radius 3 is 2.34 bits per heavy atom. The first kappa shape index (κ1) is 29.6. The number of ether oxygens (including phenoxy) is 4. The van der Waals surface area contributed by atoms with Gasteiger partial charge in [0.15, 0.2) is 11.5 Å². The lowest BCUT2D eigenvalue weighted by atomic mass is 9.80. The number of nitrogens with zero attached hydrogens (tertiary/aromatic N) is 1. The molecule has 0 unspecified atom stereocenters. The van der Waals surface area contributed by atoms with Gasteiger partial charge in [-0.3, -0.25) is 24.6 Å². The van der Waals surface area contributed by atoms with Gasteiger partial charge in [-0.25, -0.2) is 4.79 Å². The van der Waals surface area contributed by atoms with Gasteiger partial charge in [-0.15, -0.1) is 0 Å². The fourth-order valence-electron chi connectivity index (χ4n) is 5.40. The molecule has 3 heterocycles. The van der Waals surface area contributed by atoms with Gasteiger partial charge in [0.25, 0.3) is 0 Å². The fourth-order valence-corrected chi connectivity index (χ4v) is 5.40. The van der Waals surface area contributed by atoms with Crippen molar-refractivity contribution in [2.45, 2.75) is 31.6 Å². The summed E-state index contributed by atoms with van der Waals surface area (Å²) in [7, 11) is 2.85. The van der Waals surface area contributed by atoms with E-state index >= 15 is 0 Å². The molecule has 0 saturated carbocycles. The van der Waals surface area contributed by atoms with Gasteiger partial charge in [0.1, 0.15) is 11.3 Å². The van der Waals surface area contributed by atoms with Crippen LogP contribution in [0.2, 0.25) is 0 Å². The van der Waals surface area contributed by atoms with E-state index in [0.29, 0.717) is 17.2 Å². The molecule has 2 saturated heterocycles. The highest BCUT2D eigenvalue weighted by molar-refractivity contribution is 6.09. The molecule has 2 aromatic carbocycles. The zero-order valence-electron chi connectivity index (χ0n) is 22.4. The average Bonchev–Trinajstić information content (AvgIpc) is 3.61. The van der Waals surface area contributed by atoms with Crippen molar-refractivity contribution in [2.24, 2.45) is 11.8 Å². The number of carbonyl (C=O) groups excluding carboxylic acids is 3. The lowest BCUT2D eigenvalue weighted by Gasteiger charge is -2.28. The number of fused-ring (bicyclic) bond motifs is 2. The molecule has 0 aliphatic carbocycles. The minimum atomic E-state index is -5.08. The highest BCUT2D eigenvalue weighted by Gasteiger charge is 2.66. The van der Waals surface area contributed by atoms with E-state index in [9.17, 15) is 27.6 Å². The molecular weight excluding hydrogens is 553 g/mol. The number of amides is 2. The van der Waals surface area contributed by atoms with Crippen molar-refractivity contribution in [3.63, 3.8) is 0 Å². The summed E-state index contributed by atoms with van der Waals surface area (Å²) >= 11 is 0. The lowest BCUT2D eigenvalue weighted by molar-refractivity contribution is -0.192. The number of carbonyl (C=O) groups is 4. The first-order valence-corrected chi connectivity index (χ1v) is 12.4. The Labute approximate surface area is 232 Å². The number of benzene rings is 2. The second kappa shape index (κ2) is 10.9. The maximum atomic E-state index is 13.2. The number of methoxy groups -OCH3 is 2. The van der Waals surface area contributed by atoms with Crippen LogP contribution in [0.1, 0.15) is 25.5 Å². The van der Waals surface area contributed by atoms with E-state index in [2.05, 4.69) is 5.32 Å². The van der Waals surface area contributed by atoms with E-state index in [1.165, 1.54) is 12.0 Å². The van der Waals surface area contributed by atoms with Crippen molar-refractivity contribution in [2.75, 3.05) is 27.6 Å². The van der Waals surface area contributed by atoms with E-state index in [4.69, 9.17) is 28.8 Å². The van der Waals surface area contributed by atoms with Crippen LogP contribution < -0.4 is 19.5 Å². The van der Waals surface area contributed by atoms with Gasteiger partial charge < -0.3 is 24.1 Å². The third-order valence-corrected chi connectivity index (χ3v) is 7.32. The molecule has 11 nitrogen and oxygen atoms in total. The first-order chi connectivity index (χ1) is 19.3. The van der Waals surface area contributed by atoms with Crippen LogP contribution in [0.25, 0.3) is 11.1 Å². The maximum absolute atomic E-state index is 13.2. The zero-order valence-corrected chi connectivity index (χ0v) is 22.4. The van der Waals surface area contributed by atoms with Gasteiger partial charge in [-0.05, 0) is 43.2 Å². The number of carboxylic acid groups (broad SMARTS) is 1. The number of carboxylic acids is 1. The Hall–Kier alpha value is -4.33. The summed E-state index contributed by atoms with van der Waals surface area (Å²) in [6, 6.07) is 10.7. The predicted molar refractivity (Wildman–Crippen MR) is 134 cm³/mol.